The van der Waals surface area contributed by atoms with Gasteiger partial charge in [-0.2, -0.15) is 4.72 Å². The monoisotopic (exact) mass is 470 g/mol. The summed E-state index contributed by atoms with van der Waals surface area (Å²) in [5.41, 5.74) is 1.84. The highest BCUT2D eigenvalue weighted by Crippen LogP contribution is 2.15. The minimum atomic E-state index is -4.24. The van der Waals surface area contributed by atoms with E-state index in [0.717, 1.165) is 17.2 Å². The van der Waals surface area contributed by atoms with Crippen molar-refractivity contribution in [3.8, 4) is 0 Å². The Labute approximate surface area is 193 Å². The Hall–Kier alpha value is -3.07. The molecule has 0 heterocycles. The largest absolute Gasteiger partial charge is 0.377 e. The first-order chi connectivity index (χ1) is 16.0. The van der Waals surface area contributed by atoms with Crippen LogP contribution >= 0.6 is 0 Å². The van der Waals surface area contributed by atoms with Crippen molar-refractivity contribution < 1.29 is 22.3 Å². The van der Waals surface area contributed by atoms with Gasteiger partial charge in [0, 0.05) is 13.2 Å². The maximum absolute atomic E-state index is 14.1. The lowest BCUT2D eigenvalue weighted by Crippen LogP contribution is -2.48. The Kier molecular flexibility index (Phi) is 9.12. The predicted molar refractivity (Wildman–Crippen MR) is 124 cm³/mol. The third-order valence-corrected chi connectivity index (χ3v) is 6.40. The van der Waals surface area contributed by atoms with Gasteiger partial charge in [0.1, 0.15) is 16.8 Å². The molecule has 0 aromatic heterocycles. The third-order valence-electron chi connectivity index (χ3n) is 4.90. The van der Waals surface area contributed by atoms with Crippen LogP contribution < -0.4 is 10.0 Å². The first kappa shape index (κ1) is 24.6. The second-order valence-corrected chi connectivity index (χ2v) is 9.16. The van der Waals surface area contributed by atoms with Crippen molar-refractivity contribution in [2.45, 2.75) is 30.4 Å². The number of nitrogens with one attached hydrogen (secondary N) is 2. The average Bonchev–Trinajstić information content (AvgIpc) is 2.82. The molecular formula is C25H27FN2O4S. The van der Waals surface area contributed by atoms with E-state index >= 15 is 0 Å². The molecule has 0 aliphatic heterocycles. The van der Waals surface area contributed by atoms with Crippen LogP contribution in [0.15, 0.2) is 89.8 Å². The highest BCUT2D eigenvalue weighted by molar-refractivity contribution is 7.89. The fourth-order valence-electron chi connectivity index (χ4n) is 3.22. The second kappa shape index (κ2) is 12.2. The molecule has 0 fully saturated rings. The molecule has 3 rings (SSSR count). The van der Waals surface area contributed by atoms with Gasteiger partial charge < -0.3 is 10.1 Å². The lowest BCUT2D eigenvalue weighted by Gasteiger charge is -2.19. The fraction of sp³-hybridized carbons (Fsp3) is 0.240. The van der Waals surface area contributed by atoms with Crippen LogP contribution in [0.5, 0.6) is 0 Å². The maximum Gasteiger partial charge on any atom is 0.244 e. The van der Waals surface area contributed by atoms with Crippen LogP contribution in [0.4, 0.5) is 4.39 Å². The molecular weight excluding hydrogens is 443 g/mol. The smallest absolute Gasteiger partial charge is 0.244 e. The number of amides is 1. The topological polar surface area (TPSA) is 84.5 Å². The number of halogens is 1. The lowest BCUT2D eigenvalue weighted by atomic mass is 10.1. The fourth-order valence-corrected chi connectivity index (χ4v) is 4.50. The summed E-state index contributed by atoms with van der Waals surface area (Å²) in [6, 6.07) is 22.8. The van der Waals surface area contributed by atoms with Crippen LogP contribution in [0.1, 0.15) is 17.5 Å². The van der Waals surface area contributed by atoms with Crippen LogP contribution in [0.3, 0.4) is 0 Å². The molecule has 0 spiro atoms. The van der Waals surface area contributed by atoms with Gasteiger partial charge in [0.25, 0.3) is 0 Å². The van der Waals surface area contributed by atoms with Gasteiger partial charge in [-0.15, -0.1) is 0 Å². The van der Waals surface area contributed by atoms with Crippen LogP contribution in [-0.4, -0.2) is 33.5 Å². The van der Waals surface area contributed by atoms with Crippen LogP contribution in [-0.2, 0) is 32.6 Å². The Morgan fingerprint density at radius 1 is 0.879 bits per heavy atom. The van der Waals surface area contributed by atoms with Crippen molar-refractivity contribution in [3.63, 3.8) is 0 Å². The van der Waals surface area contributed by atoms with Crippen molar-refractivity contribution in [1.29, 1.82) is 0 Å². The summed E-state index contributed by atoms with van der Waals surface area (Å²) in [7, 11) is -4.24. The summed E-state index contributed by atoms with van der Waals surface area (Å²) < 4.78 is 47.6. The maximum atomic E-state index is 14.1. The number of hydrogen-bond donors (Lipinski definition) is 2. The van der Waals surface area contributed by atoms with Crippen molar-refractivity contribution in [2.24, 2.45) is 0 Å². The summed E-state index contributed by atoms with van der Waals surface area (Å²) in [4.78, 5) is 12.3. The summed E-state index contributed by atoms with van der Waals surface area (Å²) in [6.07, 6.45) is 0.696. The second-order valence-electron chi connectivity index (χ2n) is 7.48. The zero-order chi connectivity index (χ0) is 23.5. The molecule has 0 radical (unpaired) electrons. The SMILES string of the molecule is O=C(NCCCOCc1ccccc1)C(Cc1ccccc1)NS(=O)(=O)c1ccccc1F. The van der Waals surface area contributed by atoms with Crippen LogP contribution in [0.25, 0.3) is 0 Å². The summed E-state index contributed by atoms with van der Waals surface area (Å²) in [5.74, 6) is -1.36. The summed E-state index contributed by atoms with van der Waals surface area (Å²) in [6.45, 7) is 1.24. The number of rotatable bonds is 12. The van der Waals surface area contributed by atoms with E-state index in [9.17, 15) is 17.6 Å². The number of carbonyl (C=O) groups is 1. The lowest BCUT2D eigenvalue weighted by molar-refractivity contribution is -0.122. The molecule has 8 heteroatoms. The van der Waals surface area contributed by atoms with Gasteiger partial charge in [0.05, 0.1) is 6.61 Å². The molecule has 174 valence electrons. The molecule has 0 bridgehead atoms. The average molecular weight is 471 g/mol. The normalized spacial score (nSPS) is 12.3. The molecule has 1 amide bonds. The van der Waals surface area contributed by atoms with E-state index in [1.807, 2.05) is 36.4 Å². The Balaban J connectivity index is 1.57. The van der Waals surface area contributed by atoms with Gasteiger partial charge in [-0.3, -0.25) is 4.79 Å². The van der Waals surface area contributed by atoms with E-state index < -0.39 is 32.7 Å². The molecule has 33 heavy (non-hydrogen) atoms. The minimum Gasteiger partial charge on any atom is -0.377 e. The van der Waals surface area contributed by atoms with Gasteiger partial charge in [-0.05, 0) is 36.1 Å². The van der Waals surface area contributed by atoms with E-state index in [0.29, 0.717) is 26.2 Å². The number of hydrogen-bond acceptors (Lipinski definition) is 4. The van der Waals surface area contributed by atoms with Crippen molar-refractivity contribution in [3.05, 3.63) is 102 Å². The predicted octanol–water partition coefficient (Wildman–Crippen LogP) is 3.44. The van der Waals surface area contributed by atoms with Crippen LogP contribution in [0.2, 0.25) is 0 Å². The third kappa shape index (κ3) is 7.78. The van der Waals surface area contributed by atoms with Crippen molar-refractivity contribution in [1.82, 2.24) is 10.0 Å². The molecule has 0 aliphatic rings. The highest BCUT2D eigenvalue weighted by atomic mass is 32.2. The number of benzene rings is 3. The molecule has 0 saturated carbocycles. The van der Waals surface area contributed by atoms with Crippen LogP contribution in [0, 0.1) is 5.82 Å². The van der Waals surface area contributed by atoms with E-state index in [1.54, 1.807) is 24.3 Å². The molecule has 6 nitrogen and oxygen atoms in total. The zero-order valence-electron chi connectivity index (χ0n) is 18.1. The molecule has 0 aliphatic carbocycles. The van der Waals surface area contributed by atoms with E-state index in [4.69, 9.17) is 4.74 Å². The van der Waals surface area contributed by atoms with Crippen molar-refractivity contribution in [2.75, 3.05) is 13.2 Å². The van der Waals surface area contributed by atoms with Crippen molar-refractivity contribution >= 4 is 15.9 Å². The summed E-state index contributed by atoms with van der Waals surface area (Å²) >= 11 is 0. The Morgan fingerprint density at radius 2 is 1.48 bits per heavy atom. The molecule has 1 unspecified atom stereocenters. The Bertz CT molecular complexity index is 1130. The van der Waals surface area contributed by atoms with E-state index in [-0.39, 0.29) is 6.42 Å². The zero-order valence-corrected chi connectivity index (χ0v) is 18.9. The Morgan fingerprint density at radius 3 is 2.15 bits per heavy atom. The van der Waals surface area contributed by atoms with Gasteiger partial charge in [0.2, 0.25) is 15.9 Å². The minimum absolute atomic E-state index is 0.130. The quantitative estimate of drug-likeness (QED) is 0.397. The first-order valence-electron chi connectivity index (χ1n) is 10.7. The summed E-state index contributed by atoms with van der Waals surface area (Å²) in [5, 5.41) is 2.75. The number of ether oxygens (including phenoxy) is 1. The van der Waals surface area contributed by atoms with Gasteiger partial charge in [-0.1, -0.05) is 72.8 Å². The molecule has 3 aromatic carbocycles. The standard InChI is InChI=1S/C25H27FN2O4S/c26-22-14-7-8-15-24(22)33(30,31)28-23(18-20-10-3-1-4-11-20)25(29)27-16-9-17-32-19-21-12-5-2-6-13-21/h1-8,10-15,23,28H,9,16-19H2,(H,27,29). The molecule has 2 N–H and O–H groups in total. The number of carbonyl (C=O) groups excluding carboxylic acids is 1. The molecule has 1 atom stereocenters. The van der Waals surface area contributed by atoms with E-state index in [1.165, 1.54) is 18.2 Å². The molecule has 0 saturated heterocycles. The molecule has 3 aromatic rings. The van der Waals surface area contributed by atoms with E-state index in [2.05, 4.69) is 10.0 Å². The van der Waals surface area contributed by atoms with Gasteiger partial charge in [0.15, 0.2) is 0 Å². The highest BCUT2D eigenvalue weighted by Gasteiger charge is 2.27. The number of sulfonamides is 1. The van der Waals surface area contributed by atoms with Gasteiger partial charge in [-0.25, -0.2) is 12.8 Å². The van der Waals surface area contributed by atoms with Gasteiger partial charge >= 0.3 is 0 Å². The first-order valence-corrected chi connectivity index (χ1v) is 12.1.